The number of aryl methyl sites for hydroxylation is 1. The average molecular weight is 359 g/mol. The summed E-state index contributed by atoms with van der Waals surface area (Å²) in [6, 6.07) is 16.4. The Balaban J connectivity index is 1.73. The van der Waals surface area contributed by atoms with Crippen molar-refractivity contribution in [3.8, 4) is 0 Å². The van der Waals surface area contributed by atoms with Crippen LogP contribution >= 0.6 is 15.9 Å². The number of para-hydroxylation sites is 1. The van der Waals surface area contributed by atoms with Gasteiger partial charge in [0, 0.05) is 22.7 Å². The summed E-state index contributed by atoms with van der Waals surface area (Å²) in [6.07, 6.45) is 2.04. The fourth-order valence-electron chi connectivity index (χ4n) is 2.86. The SMILES string of the molecule is CC1CCc2ccccc2N1C(=O)NCc1ccc(Br)cc1. The third-order valence-electron chi connectivity index (χ3n) is 4.10. The molecule has 2 aromatic rings. The lowest BCUT2D eigenvalue weighted by atomic mass is 9.97. The Morgan fingerprint density at radius 1 is 1.23 bits per heavy atom. The largest absolute Gasteiger partial charge is 0.334 e. The summed E-state index contributed by atoms with van der Waals surface area (Å²) < 4.78 is 1.04. The Morgan fingerprint density at radius 3 is 2.73 bits per heavy atom. The zero-order valence-corrected chi connectivity index (χ0v) is 14.1. The summed E-state index contributed by atoms with van der Waals surface area (Å²) in [7, 11) is 0. The lowest BCUT2D eigenvalue weighted by Crippen LogP contribution is -2.47. The van der Waals surface area contributed by atoms with Crippen LogP contribution < -0.4 is 10.2 Å². The number of halogens is 1. The van der Waals surface area contributed by atoms with Gasteiger partial charge in [0.05, 0.1) is 0 Å². The van der Waals surface area contributed by atoms with Gasteiger partial charge in [-0.05, 0) is 49.1 Å². The second-order valence-electron chi connectivity index (χ2n) is 5.67. The first-order chi connectivity index (χ1) is 10.6. The van der Waals surface area contributed by atoms with Crippen LogP contribution in [0.4, 0.5) is 10.5 Å². The minimum Gasteiger partial charge on any atom is -0.334 e. The fraction of sp³-hybridized carbons (Fsp3) is 0.278. The molecule has 0 radical (unpaired) electrons. The van der Waals surface area contributed by atoms with Crippen molar-refractivity contribution >= 4 is 27.6 Å². The number of rotatable bonds is 2. The molecule has 0 aromatic heterocycles. The molecule has 1 N–H and O–H groups in total. The maximum absolute atomic E-state index is 12.6. The predicted octanol–water partition coefficient (Wildman–Crippen LogP) is 4.50. The second-order valence-corrected chi connectivity index (χ2v) is 6.59. The van der Waals surface area contributed by atoms with E-state index in [1.165, 1.54) is 5.56 Å². The molecule has 2 aromatic carbocycles. The van der Waals surface area contributed by atoms with E-state index in [9.17, 15) is 4.79 Å². The fourth-order valence-corrected chi connectivity index (χ4v) is 3.13. The molecule has 0 saturated carbocycles. The van der Waals surface area contributed by atoms with E-state index in [1.54, 1.807) is 0 Å². The Kier molecular flexibility index (Phi) is 4.48. The van der Waals surface area contributed by atoms with Gasteiger partial charge in [-0.2, -0.15) is 0 Å². The van der Waals surface area contributed by atoms with Crippen molar-refractivity contribution < 1.29 is 4.79 Å². The van der Waals surface area contributed by atoms with Crippen molar-refractivity contribution in [2.24, 2.45) is 0 Å². The number of nitrogens with one attached hydrogen (secondary N) is 1. The number of nitrogens with zero attached hydrogens (tertiary/aromatic N) is 1. The zero-order valence-electron chi connectivity index (χ0n) is 12.6. The monoisotopic (exact) mass is 358 g/mol. The van der Waals surface area contributed by atoms with Gasteiger partial charge in [0.25, 0.3) is 0 Å². The molecule has 1 aliphatic heterocycles. The van der Waals surface area contributed by atoms with Crippen LogP contribution in [-0.2, 0) is 13.0 Å². The highest BCUT2D eigenvalue weighted by atomic mass is 79.9. The first-order valence-electron chi connectivity index (χ1n) is 7.54. The first-order valence-corrected chi connectivity index (χ1v) is 8.34. The number of carbonyl (C=O) groups is 1. The van der Waals surface area contributed by atoms with E-state index in [-0.39, 0.29) is 12.1 Å². The molecule has 3 rings (SSSR count). The summed E-state index contributed by atoms with van der Waals surface area (Å²) in [5.41, 5.74) is 3.38. The number of fused-ring (bicyclic) bond motifs is 1. The van der Waals surface area contributed by atoms with Crippen LogP contribution in [0.3, 0.4) is 0 Å². The molecular weight excluding hydrogens is 340 g/mol. The van der Waals surface area contributed by atoms with Crippen molar-refractivity contribution in [3.63, 3.8) is 0 Å². The first kappa shape index (κ1) is 15.1. The lowest BCUT2D eigenvalue weighted by molar-refractivity contribution is 0.243. The summed E-state index contributed by atoms with van der Waals surface area (Å²) in [4.78, 5) is 14.5. The highest BCUT2D eigenvalue weighted by Gasteiger charge is 2.27. The quantitative estimate of drug-likeness (QED) is 0.841. The molecule has 2 amide bonds. The standard InChI is InChI=1S/C18H19BrN2O/c1-13-6-9-15-4-2-3-5-17(15)21(13)18(22)20-12-14-7-10-16(19)11-8-14/h2-5,7-8,10-11,13H,6,9,12H2,1H3,(H,20,22). The normalized spacial score (nSPS) is 17.0. The van der Waals surface area contributed by atoms with Crippen LogP contribution in [0.5, 0.6) is 0 Å². The van der Waals surface area contributed by atoms with Crippen LogP contribution in [0.25, 0.3) is 0 Å². The molecule has 1 aliphatic rings. The topological polar surface area (TPSA) is 32.3 Å². The van der Waals surface area contributed by atoms with Crippen molar-refractivity contribution in [3.05, 3.63) is 64.1 Å². The van der Waals surface area contributed by atoms with E-state index in [4.69, 9.17) is 0 Å². The Bertz CT molecular complexity index is 669. The summed E-state index contributed by atoms with van der Waals surface area (Å²) in [5, 5.41) is 3.03. The molecule has 22 heavy (non-hydrogen) atoms. The lowest BCUT2D eigenvalue weighted by Gasteiger charge is -2.35. The summed E-state index contributed by atoms with van der Waals surface area (Å²) >= 11 is 3.42. The highest BCUT2D eigenvalue weighted by Crippen LogP contribution is 2.30. The number of amides is 2. The minimum atomic E-state index is -0.0254. The number of urea groups is 1. The maximum atomic E-state index is 12.6. The third kappa shape index (κ3) is 3.17. The van der Waals surface area contributed by atoms with E-state index in [0.29, 0.717) is 6.54 Å². The molecule has 0 bridgehead atoms. The van der Waals surface area contributed by atoms with Crippen LogP contribution in [-0.4, -0.2) is 12.1 Å². The van der Waals surface area contributed by atoms with Crippen LogP contribution in [0, 0.1) is 0 Å². The van der Waals surface area contributed by atoms with Gasteiger partial charge in [-0.1, -0.05) is 46.3 Å². The maximum Gasteiger partial charge on any atom is 0.322 e. The smallest absolute Gasteiger partial charge is 0.322 e. The molecule has 1 atom stereocenters. The van der Waals surface area contributed by atoms with Crippen molar-refractivity contribution in [2.45, 2.75) is 32.4 Å². The zero-order chi connectivity index (χ0) is 15.5. The van der Waals surface area contributed by atoms with Gasteiger partial charge in [0.1, 0.15) is 0 Å². The molecule has 4 heteroatoms. The van der Waals surface area contributed by atoms with E-state index in [2.05, 4.69) is 34.2 Å². The molecule has 114 valence electrons. The van der Waals surface area contributed by atoms with Gasteiger partial charge in [-0.3, -0.25) is 4.90 Å². The van der Waals surface area contributed by atoms with Gasteiger partial charge < -0.3 is 5.32 Å². The number of hydrogen-bond acceptors (Lipinski definition) is 1. The van der Waals surface area contributed by atoms with Gasteiger partial charge in [0.15, 0.2) is 0 Å². The number of carbonyl (C=O) groups excluding carboxylic acids is 1. The second kappa shape index (κ2) is 6.53. The number of hydrogen-bond donors (Lipinski definition) is 1. The molecule has 0 aliphatic carbocycles. The minimum absolute atomic E-state index is 0.0254. The molecular formula is C18H19BrN2O. The highest BCUT2D eigenvalue weighted by molar-refractivity contribution is 9.10. The Morgan fingerprint density at radius 2 is 1.95 bits per heavy atom. The number of anilines is 1. The average Bonchev–Trinajstić information content (AvgIpc) is 2.54. The predicted molar refractivity (Wildman–Crippen MR) is 93.1 cm³/mol. The molecule has 3 nitrogen and oxygen atoms in total. The Labute approximate surface area is 139 Å². The molecule has 1 heterocycles. The van der Waals surface area contributed by atoms with Crippen LogP contribution in [0.1, 0.15) is 24.5 Å². The summed E-state index contributed by atoms with van der Waals surface area (Å²) in [6.45, 7) is 2.65. The van der Waals surface area contributed by atoms with Crippen molar-refractivity contribution in [2.75, 3.05) is 4.90 Å². The molecule has 0 fully saturated rings. The van der Waals surface area contributed by atoms with Crippen molar-refractivity contribution in [1.29, 1.82) is 0 Å². The van der Waals surface area contributed by atoms with Crippen LogP contribution in [0.2, 0.25) is 0 Å². The van der Waals surface area contributed by atoms with E-state index >= 15 is 0 Å². The molecule has 0 saturated heterocycles. The van der Waals surface area contributed by atoms with Gasteiger partial charge in [-0.15, -0.1) is 0 Å². The van der Waals surface area contributed by atoms with E-state index in [0.717, 1.165) is 28.6 Å². The van der Waals surface area contributed by atoms with Crippen LogP contribution in [0.15, 0.2) is 53.0 Å². The third-order valence-corrected chi connectivity index (χ3v) is 4.63. The molecule has 1 unspecified atom stereocenters. The summed E-state index contributed by atoms with van der Waals surface area (Å²) in [5.74, 6) is 0. The Hall–Kier alpha value is -1.81. The van der Waals surface area contributed by atoms with E-state index < -0.39 is 0 Å². The van der Waals surface area contributed by atoms with Gasteiger partial charge in [0.2, 0.25) is 0 Å². The molecule has 0 spiro atoms. The van der Waals surface area contributed by atoms with Crippen molar-refractivity contribution in [1.82, 2.24) is 5.32 Å². The van der Waals surface area contributed by atoms with Gasteiger partial charge in [-0.25, -0.2) is 4.79 Å². The number of benzene rings is 2. The van der Waals surface area contributed by atoms with E-state index in [1.807, 2.05) is 47.4 Å². The van der Waals surface area contributed by atoms with Gasteiger partial charge >= 0.3 is 6.03 Å².